The lowest BCUT2D eigenvalue weighted by atomic mass is 10.2. The van der Waals surface area contributed by atoms with Crippen molar-refractivity contribution < 1.29 is 8.42 Å². The molecule has 0 aromatic heterocycles. The highest BCUT2D eigenvalue weighted by atomic mass is 35.5. The second kappa shape index (κ2) is 6.21. The van der Waals surface area contributed by atoms with Gasteiger partial charge in [-0.15, -0.1) is 0 Å². The molecule has 0 saturated heterocycles. The van der Waals surface area contributed by atoms with Gasteiger partial charge >= 0.3 is 0 Å². The second-order valence-corrected chi connectivity index (χ2v) is 6.88. The predicted octanol–water partition coefficient (Wildman–Crippen LogP) is 2.35. The van der Waals surface area contributed by atoms with Gasteiger partial charge in [-0.2, -0.15) is 0 Å². The molecular weight excluding hydrogens is 295 g/mol. The van der Waals surface area contributed by atoms with Crippen LogP contribution in [-0.2, 0) is 16.6 Å². The number of sulfonamides is 1. The van der Waals surface area contributed by atoms with E-state index in [4.69, 9.17) is 23.2 Å². The lowest BCUT2D eigenvalue weighted by Gasteiger charge is -2.15. The zero-order valence-corrected chi connectivity index (χ0v) is 12.8. The molecule has 1 rings (SSSR count). The maximum atomic E-state index is 12.1. The molecule has 0 amide bonds. The molecule has 0 heterocycles. The third-order valence-electron chi connectivity index (χ3n) is 2.40. The van der Waals surface area contributed by atoms with Gasteiger partial charge in [0.1, 0.15) is 4.90 Å². The fraction of sp³-hybridized carbons (Fsp3) is 0.455. The number of rotatable bonds is 5. The van der Waals surface area contributed by atoms with Gasteiger partial charge in [-0.05, 0) is 24.2 Å². The number of hydrogen-bond acceptors (Lipinski definition) is 3. The lowest BCUT2D eigenvalue weighted by molar-refractivity contribution is 0.520. The first-order chi connectivity index (χ1) is 8.30. The van der Waals surface area contributed by atoms with Crippen LogP contribution in [0.4, 0.5) is 0 Å². The maximum Gasteiger partial charge on any atom is 0.244 e. The van der Waals surface area contributed by atoms with Gasteiger partial charge in [0.15, 0.2) is 0 Å². The number of halogens is 2. The molecule has 1 aromatic rings. The van der Waals surface area contributed by atoms with Gasteiger partial charge in [-0.3, -0.25) is 0 Å². The van der Waals surface area contributed by atoms with Gasteiger partial charge in [0.25, 0.3) is 0 Å². The summed E-state index contributed by atoms with van der Waals surface area (Å²) in [5.74, 6) is 0. The van der Waals surface area contributed by atoms with Crippen LogP contribution in [0.15, 0.2) is 17.0 Å². The average molecular weight is 311 g/mol. The lowest BCUT2D eigenvalue weighted by Crippen LogP contribution is -2.23. The highest BCUT2D eigenvalue weighted by Gasteiger charge is 2.23. The summed E-state index contributed by atoms with van der Waals surface area (Å²) >= 11 is 12.1. The molecule has 0 unspecified atom stereocenters. The summed E-state index contributed by atoms with van der Waals surface area (Å²) in [6.07, 6.45) is 0. The molecule has 7 heteroatoms. The summed E-state index contributed by atoms with van der Waals surface area (Å²) in [6, 6.07) is 3.04. The van der Waals surface area contributed by atoms with Crippen LogP contribution in [0, 0.1) is 0 Å². The van der Waals surface area contributed by atoms with Crippen molar-refractivity contribution in [2.75, 3.05) is 20.6 Å². The molecule has 0 aliphatic carbocycles. The van der Waals surface area contributed by atoms with E-state index in [-0.39, 0.29) is 9.92 Å². The van der Waals surface area contributed by atoms with Crippen LogP contribution in [0.2, 0.25) is 10.0 Å². The summed E-state index contributed by atoms with van der Waals surface area (Å²) in [5, 5.41) is 3.66. The van der Waals surface area contributed by atoms with E-state index >= 15 is 0 Å². The first-order valence-electron chi connectivity index (χ1n) is 5.41. The summed E-state index contributed by atoms with van der Waals surface area (Å²) in [5.41, 5.74) is 0.673. The molecule has 18 heavy (non-hydrogen) atoms. The van der Waals surface area contributed by atoms with E-state index < -0.39 is 10.0 Å². The van der Waals surface area contributed by atoms with Crippen LogP contribution in [-0.4, -0.2) is 33.4 Å². The molecule has 1 N–H and O–H groups in total. The van der Waals surface area contributed by atoms with E-state index in [0.717, 1.165) is 10.8 Å². The van der Waals surface area contributed by atoms with Gasteiger partial charge in [-0.1, -0.05) is 30.1 Å². The Morgan fingerprint density at radius 2 is 1.89 bits per heavy atom. The number of benzene rings is 1. The molecule has 0 atom stereocenters. The van der Waals surface area contributed by atoms with Crippen molar-refractivity contribution in [2.24, 2.45) is 0 Å². The van der Waals surface area contributed by atoms with Gasteiger partial charge in [0.05, 0.1) is 5.02 Å². The molecule has 0 saturated carbocycles. The summed E-state index contributed by atoms with van der Waals surface area (Å²) < 4.78 is 25.3. The van der Waals surface area contributed by atoms with E-state index in [2.05, 4.69) is 5.32 Å². The Hall–Kier alpha value is -0.330. The van der Waals surface area contributed by atoms with Crippen LogP contribution < -0.4 is 5.32 Å². The van der Waals surface area contributed by atoms with Crippen LogP contribution in [0.25, 0.3) is 0 Å². The van der Waals surface area contributed by atoms with Crippen LogP contribution in [0.1, 0.15) is 12.5 Å². The van der Waals surface area contributed by atoms with Crippen LogP contribution >= 0.6 is 23.2 Å². The van der Waals surface area contributed by atoms with E-state index in [9.17, 15) is 8.42 Å². The molecule has 102 valence electrons. The van der Waals surface area contributed by atoms with Gasteiger partial charge in [0.2, 0.25) is 10.0 Å². The molecule has 0 fully saturated rings. The zero-order valence-electron chi connectivity index (χ0n) is 10.5. The largest absolute Gasteiger partial charge is 0.313 e. The maximum absolute atomic E-state index is 12.1. The van der Waals surface area contributed by atoms with Gasteiger partial charge < -0.3 is 5.32 Å². The number of hydrogen-bond donors (Lipinski definition) is 1. The first kappa shape index (κ1) is 15.7. The minimum Gasteiger partial charge on any atom is -0.313 e. The highest BCUT2D eigenvalue weighted by molar-refractivity contribution is 7.89. The first-order valence-corrected chi connectivity index (χ1v) is 7.61. The third kappa shape index (κ3) is 3.36. The van der Waals surface area contributed by atoms with E-state index in [1.54, 1.807) is 6.07 Å². The Balaban J connectivity index is 3.34. The number of nitrogens with zero attached hydrogens (tertiary/aromatic N) is 1. The van der Waals surface area contributed by atoms with Crippen molar-refractivity contribution in [1.29, 1.82) is 0 Å². The van der Waals surface area contributed by atoms with E-state index in [1.165, 1.54) is 20.2 Å². The Bertz CT molecular complexity index is 530. The second-order valence-electron chi connectivity index (χ2n) is 3.94. The molecule has 1 aromatic carbocycles. The normalized spacial score (nSPS) is 12.1. The number of nitrogens with one attached hydrogen (secondary N) is 1. The van der Waals surface area contributed by atoms with Crippen molar-refractivity contribution in [3.63, 3.8) is 0 Å². The molecule has 0 aliphatic heterocycles. The van der Waals surface area contributed by atoms with Crippen molar-refractivity contribution in [2.45, 2.75) is 18.4 Å². The Morgan fingerprint density at radius 1 is 1.28 bits per heavy atom. The van der Waals surface area contributed by atoms with Gasteiger partial charge in [0, 0.05) is 25.7 Å². The highest BCUT2D eigenvalue weighted by Crippen LogP contribution is 2.30. The van der Waals surface area contributed by atoms with Crippen molar-refractivity contribution in [3.05, 3.63) is 27.7 Å². The standard InChI is InChI=1S/C11H16Cl2N2O2S/c1-4-14-7-8-5-9(12)6-10(11(8)13)18(16,17)15(2)3/h5-6,14H,4,7H2,1-3H3. The fourth-order valence-corrected chi connectivity index (χ4v) is 3.19. The molecular formula is C11H16Cl2N2O2S. The van der Waals surface area contributed by atoms with Crippen molar-refractivity contribution in [1.82, 2.24) is 9.62 Å². The summed E-state index contributed by atoms with van der Waals surface area (Å²) in [6.45, 7) is 3.19. The molecule has 0 spiro atoms. The molecule has 4 nitrogen and oxygen atoms in total. The van der Waals surface area contributed by atoms with E-state index in [0.29, 0.717) is 17.1 Å². The van der Waals surface area contributed by atoms with Gasteiger partial charge in [-0.25, -0.2) is 12.7 Å². The minimum absolute atomic E-state index is 0.0366. The zero-order chi connectivity index (χ0) is 13.9. The molecule has 0 radical (unpaired) electrons. The van der Waals surface area contributed by atoms with Crippen molar-refractivity contribution >= 4 is 33.2 Å². The van der Waals surface area contributed by atoms with E-state index in [1.807, 2.05) is 6.92 Å². The molecule has 0 bridgehead atoms. The Morgan fingerprint density at radius 3 is 2.39 bits per heavy atom. The topological polar surface area (TPSA) is 49.4 Å². The fourth-order valence-electron chi connectivity index (χ4n) is 1.39. The molecule has 0 aliphatic rings. The average Bonchev–Trinajstić information content (AvgIpc) is 2.29. The summed E-state index contributed by atoms with van der Waals surface area (Å²) in [4.78, 5) is 0.0366. The predicted molar refractivity (Wildman–Crippen MR) is 74.7 cm³/mol. The Labute approximate surface area is 118 Å². The Kier molecular flexibility index (Phi) is 5.43. The monoisotopic (exact) mass is 310 g/mol. The van der Waals surface area contributed by atoms with Crippen LogP contribution in [0.5, 0.6) is 0 Å². The SMILES string of the molecule is CCNCc1cc(Cl)cc(S(=O)(=O)N(C)C)c1Cl. The van der Waals surface area contributed by atoms with Crippen molar-refractivity contribution in [3.8, 4) is 0 Å². The van der Waals surface area contributed by atoms with Crippen LogP contribution in [0.3, 0.4) is 0 Å². The summed E-state index contributed by atoms with van der Waals surface area (Å²) in [7, 11) is -0.679. The quantitative estimate of drug-likeness (QED) is 0.908. The minimum atomic E-state index is -3.59. The third-order valence-corrected chi connectivity index (χ3v) is 5.02. The smallest absolute Gasteiger partial charge is 0.244 e.